The molecule has 124 heavy (non-hydrogen) atoms. The Morgan fingerprint density at radius 3 is 0.621 bits per heavy atom. The normalized spacial score (nSPS) is 12.5. The predicted octanol–water partition coefficient (Wildman–Crippen LogP) is 13.9. The number of anilines is 16. The molecular weight excluding hydrogens is 1770 g/mol. The molecule has 2 aromatic heterocycles. The number of nitrogens with one attached hydrogen (secondary N) is 8. The highest BCUT2D eigenvalue weighted by Gasteiger charge is 2.31. The Balaban J connectivity index is 0.951. The summed E-state index contributed by atoms with van der Waals surface area (Å²) in [5.74, 6) is -1.53. The molecule has 0 saturated carbocycles. The van der Waals surface area contributed by atoms with Crippen molar-refractivity contribution in [1.82, 2.24) is 47.1 Å². The van der Waals surface area contributed by atoms with Gasteiger partial charge in [0.05, 0.1) is 31.0 Å². The van der Waals surface area contributed by atoms with Crippen LogP contribution >= 0.6 is 0 Å². The third-order valence-corrected chi connectivity index (χ3v) is 29.5. The Bertz CT molecular complexity index is 5920. The monoisotopic (exact) mass is 1860 g/mol. The quantitative estimate of drug-likeness (QED) is 0.0158. The molecule has 0 aliphatic heterocycles. The third-order valence-electron chi connectivity index (χ3n) is 18.4. The van der Waals surface area contributed by atoms with Crippen molar-refractivity contribution in [3.8, 4) is 11.1 Å². The van der Waals surface area contributed by atoms with E-state index in [-0.39, 0.29) is 153 Å². The van der Waals surface area contributed by atoms with Crippen molar-refractivity contribution in [2.45, 2.75) is 146 Å². The van der Waals surface area contributed by atoms with E-state index in [1.54, 1.807) is 24.3 Å². The maximum absolute atomic E-state index is 13.9. The van der Waals surface area contributed by atoms with Crippen molar-refractivity contribution in [3.63, 3.8) is 0 Å². The second kappa shape index (κ2) is 40.6. The number of sulfonamides is 4. The second-order valence-corrected chi connectivity index (χ2v) is 41.4. The van der Waals surface area contributed by atoms with Crippen molar-refractivity contribution in [1.29, 1.82) is 0 Å². The van der Waals surface area contributed by atoms with Crippen LogP contribution < -0.4 is 42.5 Å². The van der Waals surface area contributed by atoms with Gasteiger partial charge in [-0.3, -0.25) is 18.2 Å². The van der Waals surface area contributed by atoms with Gasteiger partial charge in [-0.25, -0.2) is 33.7 Å². The molecular formula is C78H96N18O20S8. The lowest BCUT2D eigenvalue weighted by molar-refractivity contribution is 0.409. The van der Waals surface area contributed by atoms with Crippen LogP contribution in [-0.4, -0.2) is 185 Å². The molecule has 10 rings (SSSR count). The molecule has 38 nitrogen and oxygen atoms in total. The molecule has 0 unspecified atom stereocenters. The van der Waals surface area contributed by atoms with E-state index in [0.29, 0.717) is 51.4 Å². The van der Waals surface area contributed by atoms with E-state index in [0.717, 1.165) is 60.7 Å². The van der Waals surface area contributed by atoms with Gasteiger partial charge in [0.2, 0.25) is 75.8 Å². The highest BCUT2D eigenvalue weighted by Crippen LogP contribution is 2.40. The lowest BCUT2D eigenvalue weighted by Gasteiger charge is -2.21. The van der Waals surface area contributed by atoms with Gasteiger partial charge in [-0.2, -0.15) is 80.8 Å². The third kappa shape index (κ3) is 24.1. The Labute approximate surface area is 722 Å². The zero-order chi connectivity index (χ0) is 90.3. The maximum Gasteiger partial charge on any atom is 0.296 e. The molecule has 46 heteroatoms. The fourth-order valence-corrected chi connectivity index (χ4v) is 22.5. The van der Waals surface area contributed by atoms with Crippen molar-refractivity contribution in [2.24, 2.45) is 0 Å². The first-order chi connectivity index (χ1) is 58.5. The second-order valence-electron chi connectivity index (χ2n) is 28.1. The van der Waals surface area contributed by atoms with Gasteiger partial charge >= 0.3 is 0 Å². The summed E-state index contributed by atoms with van der Waals surface area (Å²) in [7, 11) is -37.4. The fourth-order valence-electron chi connectivity index (χ4n) is 13.0. The van der Waals surface area contributed by atoms with Crippen molar-refractivity contribution < 1.29 is 85.6 Å². The van der Waals surface area contributed by atoms with Crippen LogP contribution in [0.3, 0.4) is 0 Å². The minimum atomic E-state index is -5.45. The number of benzene rings is 8. The van der Waals surface area contributed by atoms with E-state index in [9.17, 15) is 85.6 Å². The zero-order valence-electron chi connectivity index (χ0n) is 68.5. The first-order valence-corrected chi connectivity index (χ1v) is 50.6. The van der Waals surface area contributed by atoms with Crippen LogP contribution in [0, 0.1) is 0 Å². The van der Waals surface area contributed by atoms with E-state index in [2.05, 4.69) is 72.4 Å². The van der Waals surface area contributed by atoms with Crippen LogP contribution in [-0.2, 0) is 80.6 Å². The molecule has 0 bridgehead atoms. The van der Waals surface area contributed by atoms with E-state index < -0.39 is 123 Å². The highest BCUT2D eigenvalue weighted by atomic mass is 32.2. The molecule has 666 valence electrons. The van der Waals surface area contributed by atoms with Crippen LogP contribution in [0.2, 0.25) is 0 Å². The molecule has 0 fully saturated rings. The molecule has 0 spiro atoms. The molecule has 0 amide bonds. The van der Waals surface area contributed by atoms with Gasteiger partial charge < -0.3 is 42.5 Å². The lowest BCUT2D eigenvalue weighted by Crippen LogP contribution is -2.32. The lowest BCUT2D eigenvalue weighted by atomic mass is 10.0. The average Bonchev–Trinajstić information content (AvgIpc) is 0.760. The van der Waals surface area contributed by atoms with Gasteiger partial charge in [-0.15, -0.1) is 0 Å². The molecule has 10 aromatic rings. The van der Waals surface area contributed by atoms with Crippen molar-refractivity contribution in [3.05, 3.63) is 170 Å². The zero-order valence-corrected chi connectivity index (χ0v) is 75.1. The van der Waals surface area contributed by atoms with Gasteiger partial charge in [0.1, 0.15) is 19.6 Å². The Kier molecular flexibility index (Phi) is 31.3. The predicted molar refractivity (Wildman–Crippen MR) is 473 cm³/mol. The molecule has 0 aliphatic carbocycles. The number of hydrogen-bond donors (Lipinski definition) is 12. The first kappa shape index (κ1) is 95.7. The molecule has 8 aromatic carbocycles. The minimum absolute atomic E-state index is 0.0514. The summed E-state index contributed by atoms with van der Waals surface area (Å²) in [4.78, 5) is 22.9. The fraction of sp³-hybridized carbons (Fsp3) is 0.308. The van der Waals surface area contributed by atoms with Crippen LogP contribution in [0.25, 0.3) is 11.1 Å². The van der Waals surface area contributed by atoms with E-state index in [4.69, 9.17) is 0 Å². The molecule has 0 radical (unpaired) electrons. The Morgan fingerprint density at radius 1 is 0.234 bits per heavy atom. The smallest absolute Gasteiger partial charge is 0.296 e. The minimum Gasteiger partial charge on any atom is -0.354 e. The molecule has 2 heterocycles. The van der Waals surface area contributed by atoms with E-state index >= 15 is 0 Å². The molecule has 0 atom stereocenters. The summed E-state index contributed by atoms with van der Waals surface area (Å²) >= 11 is 0. The van der Waals surface area contributed by atoms with Crippen molar-refractivity contribution in [2.75, 3.05) is 94.9 Å². The van der Waals surface area contributed by atoms with Gasteiger partial charge in [-0.05, 0) is 185 Å². The summed E-state index contributed by atoms with van der Waals surface area (Å²) in [5, 5.41) is 23.0. The van der Waals surface area contributed by atoms with Crippen LogP contribution in [0.1, 0.15) is 107 Å². The average molecular weight is 1860 g/mol. The van der Waals surface area contributed by atoms with Gasteiger partial charge in [-0.1, -0.05) is 91.8 Å². The number of aromatic nitrogens is 6. The van der Waals surface area contributed by atoms with Crippen molar-refractivity contribution >= 4 is 173 Å². The number of nitrogens with zero attached hydrogens (tertiary/aromatic N) is 10. The van der Waals surface area contributed by atoms with Crippen LogP contribution in [0.4, 0.5) is 92.6 Å². The van der Waals surface area contributed by atoms with Crippen LogP contribution in [0.5, 0.6) is 0 Å². The van der Waals surface area contributed by atoms with E-state index in [1.807, 2.05) is 55.4 Å². The molecule has 0 saturated heterocycles. The van der Waals surface area contributed by atoms with Gasteiger partial charge in [0.25, 0.3) is 40.5 Å². The SMILES string of the molecule is CCCN(CCC)S(=O)(=O)c1cccc(Nc2nc(Nc3cccc(S(=O)(=O)N(CCC)CCC)c3)nc(Nc3ccc(Nc4ccc(-c5ccc(Nc6ccc(Nc7nc(Nc8cccc(S(=O)(=O)N(CCC)CCC)c8)nc(Nc8cccc(S(=O)(=O)N(CCC)CCC)c8)n7)cc6S(=O)(=O)O)cc5S(=O)(=O)O)c(S(=O)(=O)O)c4)c(S(=O)(=O)O)c3)n2)c1. The Morgan fingerprint density at radius 2 is 0.419 bits per heavy atom. The highest BCUT2D eigenvalue weighted by molar-refractivity contribution is 7.90. The summed E-state index contributed by atoms with van der Waals surface area (Å²) in [6.45, 7) is 16.9. The molecule has 12 N–H and O–H groups in total. The molecule has 0 aliphatic rings. The van der Waals surface area contributed by atoms with Gasteiger partial charge in [0, 0.05) is 109 Å². The summed E-state index contributed by atoms with van der Waals surface area (Å²) in [6, 6.07) is 35.7. The summed E-state index contributed by atoms with van der Waals surface area (Å²) < 4.78 is 267. The number of rotatable bonds is 45. The van der Waals surface area contributed by atoms with Crippen LogP contribution in [0.15, 0.2) is 209 Å². The standard InChI is InChI=1S/C78H96N18O20S8/c1-9-37-93(38-10-2)117(97,98)61-25-17-21-53(45-61)81-73-87-74(82-54-22-18-26-62(46-54)118(99,100)94(39-11-3)40-12-4)90-77(89-73)85-59-31-35-67(71(51-59)123(111,112)113)79-57-29-33-65(69(49-57)121(105,106)107)66-34-30-58(50-70(66)122(108,109)110)80-68-36-32-60(52-72(68)124(114,115)116)86-78-91-75(83-55-23-19-27-63(47-55)119(101,102)95(41-13-5)42-14-6)88-76(92-78)84-56-24-20-28-64(48-56)120(103,104)96(43-15-7)44-16-8/h17-36,45-52,79-80H,9-16,37-44H2,1-8H3,(H,105,106,107)(H,108,109,110)(H,111,112,113)(H,114,115,116)(H3,81,82,85,87,89,90)(H3,83,84,86,88,91,92). The number of hydrogen-bond acceptors (Lipinski definition) is 30. The first-order valence-electron chi connectivity index (χ1n) is 39.1. The maximum atomic E-state index is 13.9. The van der Waals surface area contributed by atoms with E-state index in [1.165, 1.54) is 102 Å². The van der Waals surface area contributed by atoms with Gasteiger partial charge in [0.15, 0.2) is 0 Å². The topological polar surface area (TPSA) is 541 Å². The summed E-state index contributed by atoms with van der Waals surface area (Å²) in [5.41, 5.74) is -2.11. The summed E-state index contributed by atoms with van der Waals surface area (Å²) in [6.07, 6.45) is 4.38. The Hall–Kier alpha value is -10.5. The largest absolute Gasteiger partial charge is 0.354 e.